The molecule has 3 rings (SSSR count). The Hall–Kier alpha value is -1.31. The number of hydrogen-bond acceptors (Lipinski definition) is 1. The Morgan fingerprint density at radius 2 is 1.89 bits per heavy atom. The van der Waals surface area contributed by atoms with Crippen molar-refractivity contribution in [2.24, 2.45) is 4.99 Å². The lowest BCUT2D eigenvalue weighted by Gasteiger charge is -2.06. The molecule has 0 bridgehead atoms. The molecule has 1 nitrogen and oxygen atoms in total. The summed E-state index contributed by atoms with van der Waals surface area (Å²) in [6, 6.07) is 14.1. The summed E-state index contributed by atoms with van der Waals surface area (Å²) in [4.78, 5) is 4.67. The van der Waals surface area contributed by atoms with Crippen LogP contribution in [0.5, 0.6) is 0 Å². The molecular formula is C15H11Cl2N. The maximum atomic E-state index is 6.05. The minimum Gasteiger partial charge on any atom is -0.251 e. The van der Waals surface area contributed by atoms with E-state index in [1.165, 1.54) is 5.56 Å². The Balaban J connectivity index is 2.24. The number of nitrogens with zero attached hydrogens (tertiary/aromatic N) is 1. The summed E-state index contributed by atoms with van der Waals surface area (Å²) in [6.45, 7) is 0. The summed E-state index contributed by atoms with van der Waals surface area (Å²) in [5.41, 5.74) is 5.42. The highest BCUT2D eigenvalue weighted by molar-refractivity contribution is 6.32. The SMILES string of the molecule is ClCC1=Nc2ccc(Cl)cc2Cc2ccccc21. The predicted molar refractivity (Wildman–Crippen MR) is 77.6 cm³/mol. The van der Waals surface area contributed by atoms with Crippen LogP contribution in [0, 0.1) is 0 Å². The Labute approximate surface area is 116 Å². The number of hydrogen-bond donors (Lipinski definition) is 0. The van der Waals surface area contributed by atoms with E-state index in [2.05, 4.69) is 17.1 Å². The van der Waals surface area contributed by atoms with Gasteiger partial charge in [-0.3, -0.25) is 4.99 Å². The molecule has 2 aromatic rings. The quantitative estimate of drug-likeness (QED) is 0.675. The van der Waals surface area contributed by atoms with Gasteiger partial charge < -0.3 is 0 Å². The lowest BCUT2D eigenvalue weighted by atomic mass is 9.98. The van der Waals surface area contributed by atoms with E-state index in [0.29, 0.717) is 5.88 Å². The normalized spacial score (nSPS) is 13.3. The molecular weight excluding hydrogens is 265 g/mol. The fraction of sp³-hybridized carbons (Fsp3) is 0.133. The molecule has 0 saturated heterocycles. The van der Waals surface area contributed by atoms with Crippen LogP contribution in [0.4, 0.5) is 5.69 Å². The van der Waals surface area contributed by atoms with Crippen LogP contribution in [0.15, 0.2) is 47.5 Å². The number of alkyl halides is 1. The second-order valence-electron chi connectivity index (χ2n) is 4.30. The molecule has 1 heterocycles. The molecule has 18 heavy (non-hydrogen) atoms. The van der Waals surface area contributed by atoms with Crippen LogP contribution in [0.1, 0.15) is 16.7 Å². The highest BCUT2D eigenvalue weighted by Crippen LogP contribution is 2.30. The van der Waals surface area contributed by atoms with Crippen molar-refractivity contribution in [3.8, 4) is 0 Å². The third kappa shape index (κ3) is 2.05. The van der Waals surface area contributed by atoms with Crippen molar-refractivity contribution < 1.29 is 0 Å². The van der Waals surface area contributed by atoms with Crippen LogP contribution in [0.3, 0.4) is 0 Å². The average molecular weight is 276 g/mol. The molecule has 0 aromatic heterocycles. The van der Waals surface area contributed by atoms with Gasteiger partial charge in [-0.05, 0) is 29.3 Å². The predicted octanol–water partition coefficient (Wildman–Crippen LogP) is 4.60. The Morgan fingerprint density at radius 3 is 2.72 bits per heavy atom. The summed E-state index contributed by atoms with van der Waals surface area (Å²) in [6.07, 6.45) is 0.843. The Morgan fingerprint density at radius 1 is 1.06 bits per heavy atom. The van der Waals surface area contributed by atoms with Gasteiger partial charge in [0.15, 0.2) is 0 Å². The summed E-state index contributed by atoms with van der Waals surface area (Å²) in [7, 11) is 0. The van der Waals surface area contributed by atoms with Crippen molar-refractivity contribution >= 4 is 34.6 Å². The lowest BCUT2D eigenvalue weighted by Crippen LogP contribution is -2.04. The fourth-order valence-corrected chi connectivity index (χ4v) is 2.67. The lowest BCUT2D eigenvalue weighted by molar-refractivity contribution is 1.19. The molecule has 90 valence electrons. The highest BCUT2D eigenvalue weighted by atomic mass is 35.5. The van der Waals surface area contributed by atoms with Gasteiger partial charge in [0.05, 0.1) is 17.3 Å². The summed E-state index contributed by atoms with van der Waals surface area (Å²) < 4.78 is 0. The van der Waals surface area contributed by atoms with E-state index in [1.807, 2.05) is 30.3 Å². The van der Waals surface area contributed by atoms with Crippen molar-refractivity contribution in [3.05, 3.63) is 64.2 Å². The van der Waals surface area contributed by atoms with Crippen molar-refractivity contribution in [1.29, 1.82) is 0 Å². The minimum absolute atomic E-state index is 0.416. The molecule has 0 unspecified atom stereocenters. The van der Waals surface area contributed by atoms with Crippen LogP contribution >= 0.6 is 23.2 Å². The van der Waals surface area contributed by atoms with E-state index in [-0.39, 0.29) is 0 Å². The zero-order valence-corrected chi connectivity index (χ0v) is 11.2. The monoisotopic (exact) mass is 275 g/mol. The Bertz CT molecular complexity index is 632. The van der Waals surface area contributed by atoms with Gasteiger partial charge in [0, 0.05) is 17.0 Å². The van der Waals surface area contributed by atoms with Gasteiger partial charge in [0.25, 0.3) is 0 Å². The van der Waals surface area contributed by atoms with Gasteiger partial charge in [-0.25, -0.2) is 0 Å². The molecule has 0 N–H and O–H groups in total. The van der Waals surface area contributed by atoms with Crippen LogP contribution in [0.2, 0.25) is 5.02 Å². The van der Waals surface area contributed by atoms with Crippen molar-refractivity contribution in [2.45, 2.75) is 6.42 Å². The maximum absolute atomic E-state index is 6.05. The Kier molecular flexibility index (Phi) is 3.11. The topological polar surface area (TPSA) is 12.4 Å². The first-order valence-electron chi connectivity index (χ1n) is 5.78. The first-order valence-corrected chi connectivity index (χ1v) is 6.69. The van der Waals surface area contributed by atoms with Crippen molar-refractivity contribution in [2.75, 3.05) is 5.88 Å². The smallest absolute Gasteiger partial charge is 0.0670 e. The molecule has 1 aliphatic rings. The molecule has 1 aliphatic heterocycles. The highest BCUT2D eigenvalue weighted by Gasteiger charge is 2.15. The van der Waals surface area contributed by atoms with Gasteiger partial charge in [-0.15, -0.1) is 11.6 Å². The molecule has 0 amide bonds. The molecule has 0 fully saturated rings. The van der Waals surface area contributed by atoms with E-state index < -0.39 is 0 Å². The van der Waals surface area contributed by atoms with Gasteiger partial charge in [-0.2, -0.15) is 0 Å². The zero-order valence-electron chi connectivity index (χ0n) is 9.66. The van der Waals surface area contributed by atoms with Gasteiger partial charge >= 0.3 is 0 Å². The second-order valence-corrected chi connectivity index (χ2v) is 5.00. The third-order valence-electron chi connectivity index (χ3n) is 3.13. The largest absolute Gasteiger partial charge is 0.251 e. The standard InChI is InChI=1S/C15H11Cl2N/c16-9-15-13-4-2-1-3-10(13)7-11-8-12(17)5-6-14(11)18-15/h1-6,8H,7,9H2. The first-order chi connectivity index (χ1) is 8.78. The van der Waals surface area contributed by atoms with E-state index >= 15 is 0 Å². The van der Waals surface area contributed by atoms with E-state index in [0.717, 1.165) is 34.0 Å². The average Bonchev–Trinajstić information content (AvgIpc) is 2.54. The molecule has 0 spiro atoms. The van der Waals surface area contributed by atoms with Crippen LogP contribution in [-0.4, -0.2) is 11.6 Å². The van der Waals surface area contributed by atoms with E-state index in [4.69, 9.17) is 23.2 Å². The number of benzene rings is 2. The molecule has 0 saturated carbocycles. The number of rotatable bonds is 1. The molecule has 0 aliphatic carbocycles. The number of fused-ring (bicyclic) bond motifs is 2. The van der Waals surface area contributed by atoms with Crippen molar-refractivity contribution in [3.63, 3.8) is 0 Å². The molecule has 2 aromatic carbocycles. The van der Waals surface area contributed by atoms with Crippen molar-refractivity contribution in [1.82, 2.24) is 0 Å². The zero-order chi connectivity index (χ0) is 12.5. The molecule has 0 atom stereocenters. The molecule has 0 radical (unpaired) electrons. The second kappa shape index (κ2) is 4.75. The van der Waals surface area contributed by atoms with Gasteiger partial charge in [0.2, 0.25) is 0 Å². The molecule has 3 heteroatoms. The van der Waals surface area contributed by atoms with Crippen LogP contribution in [-0.2, 0) is 6.42 Å². The van der Waals surface area contributed by atoms with Gasteiger partial charge in [-0.1, -0.05) is 35.9 Å². The van der Waals surface area contributed by atoms with Crippen LogP contribution < -0.4 is 0 Å². The minimum atomic E-state index is 0.416. The van der Waals surface area contributed by atoms with Crippen LogP contribution in [0.25, 0.3) is 0 Å². The number of aliphatic imine (C=N–C) groups is 1. The summed E-state index contributed by atoms with van der Waals surface area (Å²) in [5.74, 6) is 0.416. The summed E-state index contributed by atoms with van der Waals surface area (Å²) >= 11 is 12.1. The van der Waals surface area contributed by atoms with E-state index in [9.17, 15) is 0 Å². The first kappa shape index (κ1) is 11.8. The fourth-order valence-electron chi connectivity index (χ4n) is 2.27. The van der Waals surface area contributed by atoms with E-state index in [1.54, 1.807) is 0 Å². The third-order valence-corrected chi connectivity index (χ3v) is 3.62. The van der Waals surface area contributed by atoms with Gasteiger partial charge in [0.1, 0.15) is 0 Å². The number of halogens is 2. The summed E-state index contributed by atoms with van der Waals surface area (Å²) in [5, 5.41) is 0.746. The maximum Gasteiger partial charge on any atom is 0.0670 e.